The van der Waals surface area contributed by atoms with Crippen molar-refractivity contribution in [1.29, 1.82) is 0 Å². The summed E-state index contributed by atoms with van der Waals surface area (Å²) >= 11 is 0. The smallest absolute Gasteiger partial charge is 0.336 e. The lowest BCUT2D eigenvalue weighted by molar-refractivity contribution is 0.0685. The Morgan fingerprint density at radius 3 is 2.45 bits per heavy atom. The number of hydrogen-bond donors (Lipinski definition) is 2. The minimum atomic E-state index is -0.994. The molecule has 31 heavy (non-hydrogen) atoms. The van der Waals surface area contributed by atoms with Gasteiger partial charge >= 0.3 is 11.9 Å². The van der Waals surface area contributed by atoms with Crippen molar-refractivity contribution >= 4 is 23.8 Å². The molecule has 0 saturated carbocycles. The third-order valence-electron chi connectivity index (χ3n) is 4.64. The van der Waals surface area contributed by atoms with E-state index in [0.29, 0.717) is 22.7 Å². The van der Waals surface area contributed by atoms with Crippen LogP contribution in [0.5, 0.6) is 11.5 Å². The average molecular weight is 419 g/mol. The van der Waals surface area contributed by atoms with Gasteiger partial charge < -0.3 is 19.7 Å². The number of aliphatic imine (C=N–C) groups is 1. The first kappa shape index (κ1) is 21.6. The highest BCUT2D eigenvalue weighted by Crippen LogP contribution is 2.29. The first-order valence-electron chi connectivity index (χ1n) is 9.39. The lowest BCUT2D eigenvalue weighted by atomic mass is 10.1. The highest BCUT2D eigenvalue weighted by Gasteiger charge is 2.10. The van der Waals surface area contributed by atoms with Crippen LogP contribution in [-0.2, 0) is 6.61 Å². The van der Waals surface area contributed by atoms with E-state index in [2.05, 4.69) is 4.99 Å². The van der Waals surface area contributed by atoms with Gasteiger partial charge in [0.1, 0.15) is 6.61 Å². The van der Waals surface area contributed by atoms with Crippen LogP contribution in [0.15, 0.2) is 65.7 Å². The molecular weight excluding hydrogens is 398 g/mol. The summed E-state index contributed by atoms with van der Waals surface area (Å²) in [7, 11) is 1.52. The van der Waals surface area contributed by atoms with E-state index in [4.69, 9.17) is 14.6 Å². The summed E-state index contributed by atoms with van der Waals surface area (Å²) < 4.78 is 11.2. The first-order valence-corrected chi connectivity index (χ1v) is 9.39. The van der Waals surface area contributed by atoms with Gasteiger partial charge in [0.05, 0.1) is 23.9 Å². The average Bonchev–Trinajstić information content (AvgIpc) is 2.77. The largest absolute Gasteiger partial charge is 0.493 e. The maximum absolute atomic E-state index is 11.3. The molecule has 0 bridgehead atoms. The highest BCUT2D eigenvalue weighted by atomic mass is 16.5. The summed E-state index contributed by atoms with van der Waals surface area (Å²) in [5.41, 5.74) is 3.03. The van der Waals surface area contributed by atoms with Crippen molar-refractivity contribution in [1.82, 2.24) is 0 Å². The van der Waals surface area contributed by atoms with E-state index in [1.807, 2.05) is 0 Å². The molecule has 0 spiro atoms. The maximum Gasteiger partial charge on any atom is 0.336 e. The van der Waals surface area contributed by atoms with Gasteiger partial charge in [0.15, 0.2) is 11.5 Å². The standard InChI is InChI=1S/C24H21NO6/c1-15-19(24(28)29)7-4-8-20(15)25-13-16-9-10-21(22(12-16)30-2)31-14-17-5-3-6-18(11-17)23(26)27/h3-13H,14H2,1-2H3,(H,26,27)(H,28,29). The van der Waals surface area contributed by atoms with E-state index in [1.165, 1.54) is 19.2 Å². The van der Waals surface area contributed by atoms with E-state index < -0.39 is 11.9 Å². The molecule has 0 fully saturated rings. The molecule has 0 unspecified atom stereocenters. The van der Waals surface area contributed by atoms with Gasteiger partial charge in [-0.1, -0.05) is 18.2 Å². The number of hydrogen-bond acceptors (Lipinski definition) is 5. The molecule has 0 amide bonds. The Morgan fingerprint density at radius 1 is 0.968 bits per heavy atom. The van der Waals surface area contributed by atoms with Crippen LogP contribution >= 0.6 is 0 Å². The summed E-state index contributed by atoms with van der Waals surface area (Å²) in [5.74, 6) is -0.988. The summed E-state index contributed by atoms with van der Waals surface area (Å²) in [4.78, 5) is 26.8. The molecule has 3 aromatic carbocycles. The lowest BCUT2D eigenvalue weighted by Crippen LogP contribution is -2.01. The predicted octanol–water partition coefficient (Wildman–Crippen LogP) is 4.73. The normalized spacial score (nSPS) is 10.8. The van der Waals surface area contributed by atoms with Gasteiger partial charge in [-0.3, -0.25) is 4.99 Å². The zero-order valence-electron chi connectivity index (χ0n) is 17.0. The van der Waals surface area contributed by atoms with Crippen LogP contribution in [0.2, 0.25) is 0 Å². The van der Waals surface area contributed by atoms with Crippen molar-refractivity contribution in [3.05, 3.63) is 88.5 Å². The fourth-order valence-electron chi connectivity index (χ4n) is 2.98. The van der Waals surface area contributed by atoms with Crippen molar-refractivity contribution in [3.8, 4) is 11.5 Å². The molecule has 0 saturated heterocycles. The van der Waals surface area contributed by atoms with Gasteiger partial charge in [-0.2, -0.15) is 0 Å². The topological polar surface area (TPSA) is 105 Å². The Hall–Kier alpha value is -4.13. The maximum atomic E-state index is 11.3. The van der Waals surface area contributed by atoms with Crippen molar-refractivity contribution in [2.45, 2.75) is 13.5 Å². The fraction of sp³-hybridized carbons (Fsp3) is 0.125. The third kappa shape index (κ3) is 5.27. The Kier molecular flexibility index (Phi) is 6.67. The number of rotatable bonds is 8. The molecular formula is C24H21NO6. The third-order valence-corrected chi connectivity index (χ3v) is 4.64. The van der Waals surface area contributed by atoms with Crippen LogP contribution in [0, 0.1) is 6.92 Å². The number of ether oxygens (including phenoxy) is 2. The molecule has 0 heterocycles. The molecule has 158 valence electrons. The Labute approximate surface area is 179 Å². The number of nitrogens with zero attached hydrogens (tertiary/aromatic N) is 1. The molecule has 0 aliphatic rings. The van der Waals surface area contributed by atoms with Gasteiger partial charge in [0, 0.05) is 6.21 Å². The number of carboxylic acid groups (broad SMARTS) is 2. The van der Waals surface area contributed by atoms with Crippen LogP contribution in [0.1, 0.15) is 37.4 Å². The second-order valence-electron chi connectivity index (χ2n) is 6.72. The van der Waals surface area contributed by atoms with Crippen LogP contribution < -0.4 is 9.47 Å². The summed E-state index contributed by atoms with van der Waals surface area (Å²) in [6.45, 7) is 1.90. The molecule has 0 atom stereocenters. The van der Waals surface area contributed by atoms with Gasteiger partial charge in [-0.15, -0.1) is 0 Å². The van der Waals surface area contributed by atoms with Crippen molar-refractivity contribution in [2.75, 3.05) is 7.11 Å². The molecule has 0 aliphatic carbocycles. The summed E-state index contributed by atoms with van der Waals surface area (Å²) in [6.07, 6.45) is 1.62. The molecule has 0 aromatic heterocycles. The number of aromatic carboxylic acids is 2. The SMILES string of the molecule is COc1cc(C=Nc2cccc(C(=O)O)c2C)ccc1OCc1cccc(C(=O)O)c1. The molecule has 0 radical (unpaired) electrons. The van der Waals surface area contributed by atoms with Gasteiger partial charge in [0.2, 0.25) is 0 Å². The van der Waals surface area contributed by atoms with Crippen LogP contribution in [0.25, 0.3) is 0 Å². The van der Waals surface area contributed by atoms with E-state index in [0.717, 1.165) is 11.1 Å². The minimum absolute atomic E-state index is 0.187. The Balaban J connectivity index is 1.77. The van der Waals surface area contributed by atoms with Crippen molar-refractivity contribution < 1.29 is 29.3 Å². The molecule has 7 heteroatoms. The molecule has 7 nitrogen and oxygen atoms in total. The lowest BCUT2D eigenvalue weighted by Gasteiger charge is -2.12. The Morgan fingerprint density at radius 2 is 1.74 bits per heavy atom. The number of benzene rings is 3. The van der Waals surface area contributed by atoms with Crippen LogP contribution in [0.4, 0.5) is 5.69 Å². The van der Waals surface area contributed by atoms with Crippen molar-refractivity contribution in [3.63, 3.8) is 0 Å². The van der Waals surface area contributed by atoms with Gasteiger partial charge in [0.25, 0.3) is 0 Å². The zero-order chi connectivity index (χ0) is 22.4. The first-order chi connectivity index (χ1) is 14.9. The molecule has 2 N–H and O–H groups in total. The predicted molar refractivity (Wildman–Crippen MR) is 116 cm³/mol. The van der Waals surface area contributed by atoms with E-state index >= 15 is 0 Å². The van der Waals surface area contributed by atoms with Crippen LogP contribution in [0.3, 0.4) is 0 Å². The number of carbonyl (C=O) groups is 2. The quantitative estimate of drug-likeness (QED) is 0.512. The van der Waals surface area contributed by atoms with Crippen LogP contribution in [-0.4, -0.2) is 35.5 Å². The van der Waals surface area contributed by atoms with Crippen molar-refractivity contribution in [2.24, 2.45) is 4.99 Å². The molecule has 0 aliphatic heterocycles. The minimum Gasteiger partial charge on any atom is -0.493 e. The molecule has 3 aromatic rings. The second-order valence-corrected chi connectivity index (χ2v) is 6.72. The van der Waals surface area contributed by atoms with E-state index in [-0.39, 0.29) is 17.7 Å². The summed E-state index contributed by atoms with van der Waals surface area (Å²) in [5, 5.41) is 18.3. The monoisotopic (exact) mass is 419 g/mol. The number of methoxy groups -OCH3 is 1. The Bertz CT molecular complexity index is 1150. The summed E-state index contributed by atoms with van der Waals surface area (Å²) in [6, 6.07) is 16.8. The zero-order valence-corrected chi connectivity index (χ0v) is 17.0. The fourth-order valence-corrected chi connectivity index (χ4v) is 2.98. The van der Waals surface area contributed by atoms with E-state index in [1.54, 1.807) is 61.7 Å². The second kappa shape index (κ2) is 9.58. The highest BCUT2D eigenvalue weighted by molar-refractivity contribution is 5.92. The number of carboxylic acids is 2. The van der Waals surface area contributed by atoms with E-state index in [9.17, 15) is 14.7 Å². The molecule has 3 rings (SSSR count). The van der Waals surface area contributed by atoms with Gasteiger partial charge in [-0.05, 0) is 66.1 Å². The van der Waals surface area contributed by atoms with Gasteiger partial charge in [-0.25, -0.2) is 9.59 Å².